The van der Waals surface area contributed by atoms with Crippen LogP contribution in [0.25, 0.3) is 0 Å². The standard InChI is InChI=1S/C16H20N2O3/c1-11-6-5-7-12(2)16(11)20-10-15(19)18(4)9-14-8-13(3)21-17-14/h5-8H,9-10H2,1-4H3. The van der Waals surface area contributed by atoms with Gasteiger partial charge in [0.15, 0.2) is 6.61 Å². The van der Waals surface area contributed by atoms with Crippen molar-refractivity contribution in [3.63, 3.8) is 0 Å². The van der Waals surface area contributed by atoms with E-state index in [9.17, 15) is 4.79 Å². The highest BCUT2D eigenvalue weighted by atomic mass is 16.5. The van der Waals surface area contributed by atoms with Crippen molar-refractivity contribution in [1.82, 2.24) is 10.1 Å². The third-order valence-corrected chi connectivity index (χ3v) is 3.25. The summed E-state index contributed by atoms with van der Waals surface area (Å²) in [5, 5.41) is 3.87. The van der Waals surface area contributed by atoms with Crippen LogP contribution < -0.4 is 4.74 Å². The van der Waals surface area contributed by atoms with Gasteiger partial charge in [-0.1, -0.05) is 23.4 Å². The Hall–Kier alpha value is -2.30. The molecule has 5 heteroatoms. The highest BCUT2D eigenvalue weighted by molar-refractivity contribution is 5.77. The number of hydrogen-bond acceptors (Lipinski definition) is 4. The average molecular weight is 288 g/mol. The molecular weight excluding hydrogens is 268 g/mol. The zero-order valence-electron chi connectivity index (χ0n) is 12.8. The molecule has 112 valence electrons. The first-order valence-corrected chi connectivity index (χ1v) is 6.82. The predicted molar refractivity (Wildman–Crippen MR) is 79.1 cm³/mol. The average Bonchev–Trinajstić information content (AvgIpc) is 2.83. The zero-order chi connectivity index (χ0) is 15.4. The summed E-state index contributed by atoms with van der Waals surface area (Å²) < 4.78 is 10.6. The molecule has 0 spiro atoms. The molecular formula is C16H20N2O3. The van der Waals surface area contributed by atoms with Gasteiger partial charge in [0.25, 0.3) is 5.91 Å². The molecule has 0 saturated carbocycles. The lowest BCUT2D eigenvalue weighted by atomic mass is 10.1. The molecule has 0 radical (unpaired) electrons. The van der Waals surface area contributed by atoms with Crippen molar-refractivity contribution in [2.75, 3.05) is 13.7 Å². The number of nitrogens with zero attached hydrogens (tertiary/aromatic N) is 2. The number of amides is 1. The van der Waals surface area contributed by atoms with Crippen LogP contribution in [0, 0.1) is 20.8 Å². The van der Waals surface area contributed by atoms with E-state index in [2.05, 4.69) is 5.16 Å². The fourth-order valence-corrected chi connectivity index (χ4v) is 2.09. The molecule has 0 aliphatic carbocycles. The lowest BCUT2D eigenvalue weighted by Crippen LogP contribution is -2.31. The first-order valence-electron chi connectivity index (χ1n) is 6.82. The summed E-state index contributed by atoms with van der Waals surface area (Å²) in [7, 11) is 1.72. The second-order valence-corrected chi connectivity index (χ2v) is 5.19. The zero-order valence-corrected chi connectivity index (χ0v) is 12.8. The largest absolute Gasteiger partial charge is 0.483 e. The molecule has 0 bridgehead atoms. The molecule has 1 amide bonds. The van der Waals surface area contributed by atoms with Crippen molar-refractivity contribution in [2.24, 2.45) is 0 Å². The van der Waals surface area contributed by atoms with Gasteiger partial charge >= 0.3 is 0 Å². The van der Waals surface area contributed by atoms with Crippen LogP contribution >= 0.6 is 0 Å². The maximum absolute atomic E-state index is 12.1. The fourth-order valence-electron chi connectivity index (χ4n) is 2.09. The normalized spacial score (nSPS) is 10.5. The molecule has 0 aliphatic heterocycles. The van der Waals surface area contributed by atoms with Crippen molar-refractivity contribution < 1.29 is 14.1 Å². The maximum Gasteiger partial charge on any atom is 0.260 e. The summed E-state index contributed by atoms with van der Waals surface area (Å²) in [6, 6.07) is 7.72. The summed E-state index contributed by atoms with van der Waals surface area (Å²) >= 11 is 0. The number of carbonyl (C=O) groups is 1. The second-order valence-electron chi connectivity index (χ2n) is 5.19. The summed E-state index contributed by atoms with van der Waals surface area (Å²) in [6.45, 7) is 6.18. The molecule has 21 heavy (non-hydrogen) atoms. The minimum atomic E-state index is -0.0988. The van der Waals surface area contributed by atoms with Gasteiger partial charge in [0.2, 0.25) is 0 Å². The van der Waals surface area contributed by atoms with Crippen molar-refractivity contribution >= 4 is 5.91 Å². The Balaban J connectivity index is 1.92. The van der Waals surface area contributed by atoms with E-state index in [1.807, 2.05) is 45.0 Å². The number of hydrogen-bond donors (Lipinski definition) is 0. The molecule has 0 N–H and O–H groups in total. The number of carbonyl (C=O) groups excluding carboxylic acids is 1. The first kappa shape index (κ1) is 15.1. The predicted octanol–water partition coefficient (Wildman–Crippen LogP) is 2.64. The topological polar surface area (TPSA) is 55.6 Å². The highest BCUT2D eigenvalue weighted by Gasteiger charge is 2.13. The van der Waals surface area contributed by atoms with E-state index in [-0.39, 0.29) is 12.5 Å². The Bertz CT molecular complexity index is 614. The van der Waals surface area contributed by atoms with Gasteiger partial charge in [0.05, 0.1) is 6.54 Å². The Morgan fingerprint density at radius 3 is 2.52 bits per heavy atom. The summed E-state index contributed by atoms with van der Waals surface area (Å²) in [5.74, 6) is 1.41. The van der Waals surface area contributed by atoms with Gasteiger partial charge in [-0.2, -0.15) is 0 Å². The monoisotopic (exact) mass is 288 g/mol. The van der Waals surface area contributed by atoms with Crippen LogP contribution in [0.3, 0.4) is 0 Å². The SMILES string of the molecule is Cc1cc(CN(C)C(=O)COc2c(C)cccc2C)no1. The Kier molecular flexibility index (Phi) is 4.62. The molecule has 5 nitrogen and oxygen atoms in total. The highest BCUT2D eigenvalue weighted by Crippen LogP contribution is 2.22. The van der Waals surface area contributed by atoms with Crippen molar-refractivity contribution in [3.05, 3.63) is 46.8 Å². The van der Waals surface area contributed by atoms with Crippen LogP contribution in [-0.4, -0.2) is 29.6 Å². The van der Waals surface area contributed by atoms with E-state index in [4.69, 9.17) is 9.26 Å². The Morgan fingerprint density at radius 1 is 1.29 bits per heavy atom. The van der Waals surface area contributed by atoms with Crippen LogP contribution in [0.2, 0.25) is 0 Å². The molecule has 1 aromatic heterocycles. The smallest absolute Gasteiger partial charge is 0.260 e. The molecule has 0 saturated heterocycles. The van der Waals surface area contributed by atoms with Crippen molar-refractivity contribution in [3.8, 4) is 5.75 Å². The van der Waals surface area contributed by atoms with Gasteiger partial charge in [-0.05, 0) is 31.9 Å². The Morgan fingerprint density at radius 2 is 1.95 bits per heavy atom. The molecule has 0 atom stereocenters. The van der Waals surface area contributed by atoms with Crippen LogP contribution in [0.5, 0.6) is 5.75 Å². The van der Waals surface area contributed by atoms with Crippen LogP contribution in [-0.2, 0) is 11.3 Å². The number of rotatable bonds is 5. The van der Waals surface area contributed by atoms with E-state index in [0.717, 1.165) is 28.3 Å². The molecule has 2 aromatic rings. The summed E-state index contributed by atoms with van der Waals surface area (Å²) in [5.41, 5.74) is 2.78. The Labute approximate surface area is 124 Å². The number of para-hydroxylation sites is 1. The minimum absolute atomic E-state index is 0.0129. The van der Waals surface area contributed by atoms with Crippen LogP contribution in [0.4, 0.5) is 0 Å². The lowest BCUT2D eigenvalue weighted by molar-refractivity contribution is -0.132. The number of ether oxygens (including phenoxy) is 1. The van der Waals surface area contributed by atoms with Gasteiger partial charge in [0, 0.05) is 13.1 Å². The summed E-state index contributed by atoms with van der Waals surface area (Å²) in [6.07, 6.45) is 0. The van der Waals surface area contributed by atoms with E-state index in [1.165, 1.54) is 0 Å². The van der Waals surface area contributed by atoms with Gasteiger partial charge in [-0.3, -0.25) is 4.79 Å². The van der Waals surface area contributed by atoms with Gasteiger partial charge in [-0.15, -0.1) is 0 Å². The van der Waals surface area contributed by atoms with E-state index in [1.54, 1.807) is 11.9 Å². The maximum atomic E-state index is 12.1. The van der Waals surface area contributed by atoms with Crippen LogP contribution in [0.15, 0.2) is 28.8 Å². The minimum Gasteiger partial charge on any atom is -0.483 e. The third kappa shape index (κ3) is 3.84. The first-order chi connectivity index (χ1) is 9.97. The molecule has 1 aromatic carbocycles. The molecule has 0 fully saturated rings. The van der Waals surface area contributed by atoms with Gasteiger partial charge in [0.1, 0.15) is 17.2 Å². The third-order valence-electron chi connectivity index (χ3n) is 3.25. The van der Waals surface area contributed by atoms with Gasteiger partial charge < -0.3 is 14.2 Å². The molecule has 0 unspecified atom stereocenters. The molecule has 2 rings (SSSR count). The molecule has 1 heterocycles. The quantitative estimate of drug-likeness (QED) is 0.848. The fraction of sp³-hybridized carbons (Fsp3) is 0.375. The summed E-state index contributed by atoms with van der Waals surface area (Å²) in [4.78, 5) is 13.7. The van der Waals surface area contributed by atoms with E-state index in [0.29, 0.717) is 6.54 Å². The second kappa shape index (κ2) is 6.43. The lowest BCUT2D eigenvalue weighted by Gasteiger charge is -2.17. The number of likely N-dealkylation sites (N-methyl/N-ethyl adjacent to an activating group) is 1. The van der Waals surface area contributed by atoms with Gasteiger partial charge in [-0.25, -0.2) is 0 Å². The number of benzene rings is 1. The molecule has 0 aliphatic rings. The van der Waals surface area contributed by atoms with Crippen molar-refractivity contribution in [1.29, 1.82) is 0 Å². The number of aromatic nitrogens is 1. The van der Waals surface area contributed by atoms with Crippen LogP contribution in [0.1, 0.15) is 22.6 Å². The van der Waals surface area contributed by atoms with Crippen molar-refractivity contribution in [2.45, 2.75) is 27.3 Å². The van der Waals surface area contributed by atoms with E-state index >= 15 is 0 Å². The van der Waals surface area contributed by atoms with E-state index < -0.39 is 0 Å². The number of aryl methyl sites for hydroxylation is 3.